The van der Waals surface area contributed by atoms with Gasteiger partial charge in [-0.2, -0.15) is 0 Å². The van der Waals surface area contributed by atoms with Gasteiger partial charge < -0.3 is 9.84 Å². The van der Waals surface area contributed by atoms with Crippen molar-refractivity contribution in [1.29, 1.82) is 0 Å². The van der Waals surface area contributed by atoms with Gasteiger partial charge in [0.1, 0.15) is 5.75 Å². The van der Waals surface area contributed by atoms with Crippen LogP contribution in [0.1, 0.15) is 12.0 Å². The Bertz CT molecular complexity index is 717. The van der Waals surface area contributed by atoms with Gasteiger partial charge >= 0.3 is 5.97 Å². The predicted octanol–water partition coefficient (Wildman–Crippen LogP) is 3.93. The summed E-state index contributed by atoms with van der Waals surface area (Å²) in [5, 5.41) is 9.11. The first-order valence-corrected chi connectivity index (χ1v) is 7.12. The maximum atomic E-state index is 11.1. The molecule has 1 unspecified atom stereocenters. The largest absolute Gasteiger partial charge is 0.478 e. The number of benzene rings is 2. The average molecular weight is 292 g/mol. The molecule has 2 aromatic rings. The molecule has 0 amide bonds. The van der Waals surface area contributed by atoms with Gasteiger partial charge in [0, 0.05) is 6.42 Å². The van der Waals surface area contributed by atoms with Gasteiger partial charge in [0.15, 0.2) is 5.60 Å². The van der Waals surface area contributed by atoms with Crippen LogP contribution in [0, 0.1) is 0 Å². The molecule has 1 aliphatic carbocycles. The number of carboxylic acids is 1. The lowest BCUT2D eigenvalue weighted by Crippen LogP contribution is -2.32. The van der Waals surface area contributed by atoms with E-state index in [1.807, 2.05) is 66.7 Å². The molecule has 0 spiro atoms. The standard InChI is InChI=1S/C19H16O3/c20-18(21)15-11-13-19(14-12-15,16-7-3-1-4-8-16)22-17-9-5-2-6-10-17/h1-13H,14H2,(H,20,21). The maximum Gasteiger partial charge on any atom is 0.335 e. The van der Waals surface area contributed by atoms with Gasteiger partial charge in [-0.3, -0.25) is 0 Å². The second-order valence-electron chi connectivity index (χ2n) is 5.17. The van der Waals surface area contributed by atoms with E-state index in [-0.39, 0.29) is 0 Å². The smallest absolute Gasteiger partial charge is 0.335 e. The molecule has 2 aromatic carbocycles. The number of carbonyl (C=O) groups is 1. The van der Waals surface area contributed by atoms with E-state index in [9.17, 15) is 4.79 Å². The number of rotatable bonds is 4. The van der Waals surface area contributed by atoms with Gasteiger partial charge in [0.25, 0.3) is 0 Å². The second-order valence-corrected chi connectivity index (χ2v) is 5.17. The molecule has 0 saturated heterocycles. The summed E-state index contributed by atoms with van der Waals surface area (Å²) in [6, 6.07) is 19.4. The summed E-state index contributed by atoms with van der Waals surface area (Å²) in [6.07, 6.45) is 5.63. The van der Waals surface area contributed by atoms with Crippen molar-refractivity contribution in [3.8, 4) is 5.75 Å². The molecule has 0 fully saturated rings. The van der Waals surface area contributed by atoms with Crippen LogP contribution >= 0.6 is 0 Å². The van der Waals surface area contributed by atoms with Crippen molar-refractivity contribution in [2.24, 2.45) is 0 Å². The van der Waals surface area contributed by atoms with Gasteiger partial charge in [-0.15, -0.1) is 0 Å². The van der Waals surface area contributed by atoms with Gasteiger partial charge in [0.2, 0.25) is 0 Å². The minimum atomic E-state index is -0.919. The number of aliphatic carboxylic acids is 1. The van der Waals surface area contributed by atoms with Crippen molar-refractivity contribution in [3.63, 3.8) is 0 Å². The Morgan fingerprint density at radius 2 is 1.64 bits per heavy atom. The number of ether oxygens (including phenoxy) is 1. The first kappa shape index (κ1) is 14.1. The van der Waals surface area contributed by atoms with Crippen molar-refractivity contribution >= 4 is 5.97 Å². The molecule has 0 radical (unpaired) electrons. The van der Waals surface area contributed by atoms with E-state index in [1.54, 1.807) is 12.2 Å². The normalized spacial score (nSPS) is 20.3. The molecule has 0 saturated carbocycles. The SMILES string of the molecule is O=C(O)C1=CCC(Oc2ccccc2)(c2ccccc2)C=C1. The van der Waals surface area contributed by atoms with Crippen molar-refractivity contribution in [2.45, 2.75) is 12.0 Å². The number of hydrogen-bond acceptors (Lipinski definition) is 2. The zero-order valence-corrected chi connectivity index (χ0v) is 12.0. The fraction of sp³-hybridized carbons (Fsp3) is 0.105. The third kappa shape index (κ3) is 2.79. The maximum absolute atomic E-state index is 11.1. The molecule has 3 nitrogen and oxygen atoms in total. The lowest BCUT2D eigenvalue weighted by Gasteiger charge is -2.33. The van der Waals surface area contributed by atoms with Gasteiger partial charge in [-0.25, -0.2) is 4.79 Å². The van der Waals surface area contributed by atoms with E-state index in [0.717, 1.165) is 11.3 Å². The van der Waals surface area contributed by atoms with E-state index in [0.29, 0.717) is 12.0 Å². The molecule has 1 aliphatic rings. The van der Waals surface area contributed by atoms with Crippen LogP contribution in [0.15, 0.2) is 84.5 Å². The molecule has 3 heteroatoms. The van der Waals surface area contributed by atoms with E-state index < -0.39 is 11.6 Å². The summed E-state index contributed by atoms with van der Waals surface area (Å²) >= 11 is 0. The van der Waals surface area contributed by atoms with Crippen LogP contribution in [0.25, 0.3) is 0 Å². The Morgan fingerprint density at radius 3 is 2.18 bits per heavy atom. The highest BCUT2D eigenvalue weighted by molar-refractivity contribution is 5.90. The molecule has 0 bridgehead atoms. The van der Waals surface area contributed by atoms with Crippen LogP contribution < -0.4 is 4.74 Å². The predicted molar refractivity (Wildman–Crippen MR) is 84.7 cm³/mol. The fourth-order valence-electron chi connectivity index (χ4n) is 2.55. The van der Waals surface area contributed by atoms with Crippen LogP contribution in [-0.4, -0.2) is 11.1 Å². The third-order valence-electron chi connectivity index (χ3n) is 3.71. The topological polar surface area (TPSA) is 46.5 Å². The number of hydrogen-bond donors (Lipinski definition) is 1. The monoisotopic (exact) mass is 292 g/mol. The molecule has 0 aromatic heterocycles. The minimum Gasteiger partial charge on any atom is -0.478 e. The molecule has 0 heterocycles. The van der Waals surface area contributed by atoms with Crippen LogP contribution in [0.4, 0.5) is 0 Å². The number of carboxylic acid groups (broad SMARTS) is 1. The molecule has 22 heavy (non-hydrogen) atoms. The molecule has 1 atom stereocenters. The summed E-state index contributed by atoms with van der Waals surface area (Å²) in [4.78, 5) is 11.1. The number of para-hydroxylation sites is 1. The quantitative estimate of drug-likeness (QED) is 0.928. The van der Waals surface area contributed by atoms with Crippen LogP contribution in [0.2, 0.25) is 0 Å². The van der Waals surface area contributed by atoms with Gasteiger partial charge in [0.05, 0.1) is 5.57 Å². The fourth-order valence-corrected chi connectivity index (χ4v) is 2.55. The summed E-state index contributed by atoms with van der Waals surface area (Å²) in [5.74, 6) is -0.166. The van der Waals surface area contributed by atoms with E-state index in [2.05, 4.69) is 0 Å². The summed E-state index contributed by atoms with van der Waals surface area (Å²) in [5.41, 5.74) is 0.612. The Labute approximate surface area is 129 Å². The van der Waals surface area contributed by atoms with Crippen molar-refractivity contribution in [1.82, 2.24) is 0 Å². The van der Waals surface area contributed by atoms with Crippen molar-refractivity contribution < 1.29 is 14.6 Å². The minimum absolute atomic E-state index is 0.295. The highest BCUT2D eigenvalue weighted by atomic mass is 16.5. The van der Waals surface area contributed by atoms with Crippen LogP contribution in [0.3, 0.4) is 0 Å². The first-order valence-electron chi connectivity index (χ1n) is 7.12. The molecular weight excluding hydrogens is 276 g/mol. The molecule has 110 valence electrons. The zero-order valence-electron chi connectivity index (χ0n) is 12.0. The third-order valence-corrected chi connectivity index (χ3v) is 3.71. The van der Waals surface area contributed by atoms with Crippen molar-refractivity contribution in [3.05, 3.63) is 90.0 Å². The van der Waals surface area contributed by atoms with E-state index in [1.165, 1.54) is 0 Å². The molecular formula is C19H16O3. The van der Waals surface area contributed by atoms with Crippen LogP contribution in [0.5, 0.6) is 5.75 Å². The zero-order chi connectivity index (χ0) is 15.4. The van der Waals surface area contributed by atoms with Gasteiger partial charge in [-0.05, 0) is 29.8 Å². The Balaban J connectivity index is 1.98. The Morgan fingerprint density at radius 1 is 1.00 bits per heavy atom. The van der Waals surface area contributed by atoms with E-state index in [4.69, 9.17) is 9.84 Å². The van der Waals surface area contributed by atoms with Crippen molar-refractivity contribution in [2.75, 3.05) is 0 Å². The Hall–Kier alpha value is -2.81. The summed E-state index contributed by atoms with van der Waals surface area (Å²) < 4.78 is 6.23. The van der Waals surface area contributed by atoms with Crippen LogP contribution in [-0.2, 0) is 10.4 Å². The average Bonchev–Trinajstić information content (AvgIpc) is 2.57. The lowest BCUT2D eigenvalue weighted by atomic mass is 9.85. The Kier molecular flexibility index (Phi) is 3.79. The highest BCUT2D eigenvalue weighted by Crippen LogP contribution is 2.36. The highest BCUT2D eigenvalue weighted by Gasteiger charge is 2.33. The first-order chi connectivity index (χ1) is 10.7. The second kappa shape index (κ2) is 5.90. The van der Waals surface area contributed by atoms with E-state index >= 15 is 0 Å². The molecule has 1 N–H and O–H groups in total. The molecule has 0 aliphatic heterocycles. The van der Waals surface area contributed by atoms with Gasteiger partial charge in [-0.1, -0.05) is 54.6 Å². The summed E-state index contributed by atoms with van der Waals surface area (Å²) in [6.45, 7) is 0. The summed E-state index contributed by atoms with van der Waals surface area (Å²) in [7, 11) is 0. The lowest BCUT2D eigenvalue weighted by molar-refractivity contribution is -0.132. The molecule has 3 rings (SSSR count).